The number of ether oxygens (including phenoxy) is 1. The molecule has 1 heterocycles. The van der Waals surface area contributed by atoms with Crippen molar-refractivity contribution in [3.8, 4) is 0 Å². The van der Waals surface area contributed by atoms with Gasteiger partial charge in [-0.1, -0.05) is 0 Å². The number of nitrogens with zero attached hydrogens (tertiary/aromatic N) is 1. The molecule has 1 aliphatic heterocycles. The molecular formula is C8H15NO2. The molecule has 1 amide bonds. The average molecular weight is 157 g/mol. The van der Waals surface area contributed by atoms with E-state index in [1.54, 1.807) is 7.11 Å². The molecule has 1 rings (SSSR count). The number of likely N-dealkylation sites (tertiary alicyclic amines) is 1. The molecule has 0 aromatic heterocycles. The second-order valence-corrected chi connectivity index (χ2v) is 3.20. The Balaban J connectivity index is 2.52. The second-order valence-electron chi connectivity index (χ2n) is 3.20. The fourth-order valence-electron chi connectivity index (χ4n) is 1.35. The lowest BCUT2D eigenvalue weighted by molar-refractivity contribution is -0.129. The second kappa shape index (κ2) is 3.22. The van der Waals surface area contributed by atoms with Crippen LogP contribution in [0.25, 0.3) is 0 Å². The number of rotatable bonds is 2. The van der Waals surface area contributed by atoms with Gasteiger partial charge in [-0.15, -0.1) is 0 Å². The molecule has 1 atom stereocenters. The van der Waals surface area contributed by atoms with Gasteiger partial charge in [0.05, 0.1) is 12.5 Å². The summed E-state index contributed by atoms with van der Waals surface area (Å²) in [6.45, 7) is 4.80. The molecule has 1 fully saturated rings. The Morgan fingerprint density at radius 1 is 1.64 bits per heavy atom. The molecule has 0 radical (unpaired) electrons. The van der Waals surface area contributed by atoms with E-state index in [4.69, 9.17) is 4.74 Å². The van der Waals surface area contributed by atoms with E-state index >= 15 is 0 Å². The fourth-order valence-corrected chi connectivity index (χ4v) is 1.35. The first-order chi connectivity index (χ1) is 5.15. The van der Waals surface area contributed by atoms with Gasteiger partial charge in [-0.2, -0.15) is 0 Å². The van der Waals surface area contributed by atoms with Crippen LogP contribution in [-0.4, -0.2) is 36.6 Å². The summed E-state index contributed by atoms with van der Waals surface area (Å²) in [5.74, 6) is 0.215. The standard InChI is InChI=1S/C8H15NO2/c1-6(2)9-5-7(11-3)4-8(9)10/h6-7H,4-5H2,1-3H3. The van der Waals surface area contributed by atoms with Crippen molar-refractivity contribution in [3.05, 3.63) is 0 Å². The first kappa shape index (κ1) is 8.53. The third kappa shape index (κ3) is 1.71. The van der Waals surface area contributed by atoms with Crippen LogP contribution in [0.2, 0.25) is 0 Å². The molecule has 0 aromatic rings. The van der Waals surface area contributed by atoms with Crippen LogP contribution in [-0.2, 0) is 9.53 Å². The fraction of sp³-hybridized carbons (Fsp3) is 0.875. The Labute approximate surface area is 67.3 Å². The minimum absolute atomic E-state index is 0.116. The largest absolute Gasteiger partial charge is 0.379 e. The predicted molar refractivity (Wildman–Crippen MR) is 42.3 cm³/mol. The highest BCUT2D eigenvalue weighted by molar-refractivity contribution is 5.79. The van der Waals surface area contributed by atoms with E-state index in [9.17, 15) is 4.79 Å². The molecule has 0 aliphatic carbocycles. The van der Waals surface area contributed by atoms with Crippen molar-refractivity contribution in [2.75, 3.05) is 13.7 Å². The third-order valence-electron chi connectivity index (χ3n) is 2.08. The minimum atomic E-state index is 0.116. The highest BCUT2D eigenvalue weighted by Gasteiger charge is 2.30. The molecule has 0 N–H and O–H groups in total. The van der Waals surface area contributed by atoms with Crippen LogP contribution in [0.15, 0.2) is 0 Å². The molecule has 1 aliphatic rings. The maximum Gasteiger partial charge on any atom is 0.225 e. The van der Waals surface area contributed by atoms with Crippen molar-refractivity contribution in [3.63, 3.8) is 0 Å². The van der Waals surface area contributed by atoms with Gasteiger partial charge in [-0.05, 0) is 13.8 Å². The highest BCUT2D eigenvalue weighted by atomic mass is 16.5. The van der Waals surface area contributed by atoms with E-state index in [1.807, 2.05) is 18.7 Å². The van der Waals surface area contributed by atoms with Crippen LogP contribution in [0.3, 0.4) is 0 Å². The molecule has 1 unspecified atom stereocenters. The summed E-state index contributed by atoms with van der Waals surface area (Å²) in [5, 5.41) is 0. The van der Waals surface area contributed by atoms with E-state index in [0.717, 1.165) is 6.54 Å². The lowest BCUT2D eigenvalue weighted by Crippen LogP contribution is -2.32. The average Bonchev–Trinajstić information content (AvgIpc) is 2.30. The van der Waals surface area contributed by atoms with Crippen molar-refractivity contribution in [1.29, 1.82) is 0 Å². The van der Waals surface area contributed by atoms with Gasteiger partial charge < -0.3 is 9.64 Å². The maximum absolute atomic E-state index is 11.2. The molecule has 0 bridgehead atoms. The number of carbonyl (C=O) groups is 1. The molecule has 0 saturated carbocycles. The van der Waals surface area contributed by atoms with Gasteiger partial charge in [0.1, 0.15) is 0 Å². The zero-order valence-electron chi connectivity index (χ0n) is 7.33. The summed E-state index contributed by atoms with van der Waals surface area (Å²) in [6, 6.07) is 0.308. The zero-order chi connectivity index (χ0) is 8.43. The van der Waals surface area contributed by atoms with Gasteiger partial charge in [0.25, 0.3) is 0 Å². The van der Waals surface area contributed by atoms with Crippen LogP contribution in [0.5, 0.6) is 0 Å². The smallest absolute Gasteiger partial charge is 0.225 e. The summed E-state index contributed by atoms with van der Waals surface area (Å²) in [6.07, 6.45) is 0.666. The quantitative estimate of drug-likeness (QED) is 0.588. The SMILES string of the molecule is COC1CC(=O)N(C(C)C)C1. The number of methoxy groups -OCH3 is 1. The van der Waals surface area contributed by atoms with Crippen LogP contribution < -0.4 is 0 Å². The Kier molecular flexibility index (Phi) is 2.49. The molecule has 1 saturated heterocycles. The van der Waals surface area contributed by atoms with Gasteiger partial charge >= 0.3 is 0 Å². The highest BCUT2D eigenvalue weighted by Crippen LogP contribution is 2.15. The van der Waals surface area contributed by atoms with Gasteiger partial charge in [0, 0.05) is 19.7 Å². The van der Waals surface area contributed by atoms with Crippen LogP contribution in [0.1, 0.15) is 20.3 Å². The van der Waals surface area contributed by atoms with E-state index < -0.39 is 0 Å². The monoisotopic (exact) mass is 157 g/mol. The summed E-state index contributed by atoms with van der Waals surface area (Å²) in [4.78, 5) is 13.1. The summed E-state index contributed by atoms with van der Waals surface area (Å²) >= 11 is 0. The van der Waals surface area contributed by atoms with Gasteiger partial charge in [-0.3, -0.25) is 4.79 Å². The molecule has 64 valence electrons. The van der Waals surface area contributed by atoms with Crippen molar-refractivity contribution in [1.82, 2.24) is 4.90 Å². The molecule has 0 aromatic carbocycles. The number of hydrogen-bond acceptors (Lipinski definition) is 2. The Bertz CT molecular complexity index is 156. The summed E-state index contributed by atoms with van der Waals surface area (Å²) in [5.41, 5.74) is 0. The topological polar surface area (TPSA) is 29.5 Å². The van der Waals surface area contributed by atoms with Crippen LogP contribution in [0.4, 0.5) is 0 Å². The summed E-state index contributed by atoms with van der Waals surface area (Å²) < 4.78 is 5.10. The lowest BCUT2D eigenvalue weighted by atomic mass is 10.3. The molecule has 0 spiro atoms. The Morgan fingerprint density at radius 3 is 2.55 bits per heavy atom. The normalized spacial score (nSPS) is 25.3. The number of carbonyl (C=O) groups excluding carboxylic acids is 1. The van der Waals surface area contributed by atoms with E-state index in [1.165, 1.54) is 0 Å². The van der Waals surface area contributed by atoms with Gasteiger partial charge in [0.2, 0.25) is 5.91 Å². The molecular weight excluding hydrogens is 142 g/mol. The Hall–Kier alpha value is -0.570. The minimum Gasteiger partial charge on any atom is -0.379 e. The van der Waals surface area contributed by atoms with Gasteiger partial charge in [0.15, 0.2) is 0 Å². The molecule has 3 nitrogen and oxygen atoms in total. The Morgan fingerprint density at radius 2 is 2.27 bits per heavy atom. The van der Waals surface area contributed by atoms with E-state index in [-0.39, 0.29) is 12.0 Å². The van der Waals surface area contributed by atoms with E-state index in [0.29, 0.717) is 12.5 Å². The zero-order valence-corrected chi connectivity index (χ0v) is 7.33. The number of amides is 1. The van der Waals surface area contributed by atoms with Crippen molar-refractivity contribution in [2.45, 2.75) is 32.4 Å². The van der Waals surface area contributed by atoms with Crippen molar-refractivity contribution >= 4 is 5.91 Å². The first-order valence-corrected chi connectivity index (χ1v) is 3.97. The first-order valence-electron chi connectivity index (χ1n) is 3.97. The van der Waals surface area contributed by atoms with E-state index in [2.05, 4.69) is 0 Å². The van der Waals surface area contributed by atoms with Crippen molar-refractivity contribution in [2.24, 2.45) is 0 Å². The van der Waals surface area contributed by atoms with Gasteiger partial charge in [-0.25, -0.2) is 0 Å². The van der Waals surface area contributed by atoms with Crippen LogP contribution >= 0.6 is 0 Å². The maximum atomic E-state index is 11.2. The summed E-state index contributed by atoms with van der Waals surface area (Å²) in [7, 11) is 1.65. The lowest BCUT2D eigenvalue weighted by Gasteiger charge is -2.20. The third-order valence-corrected chi connectivity index (χ3v) is 2.08. The predicted octanol–water partition coefficient (Wildman–Crippen LogP) is 0.642. The van der Waals surface area contributed by atoms with Crippen LogP contribution in [0, 0.1) is 0 Å². The van der Waals surface area contributed by atoms with Crippen molar-refractivity contribution < 1.29 is 9.53 Å². The molecule has 3 heteroatoms. The number of hydrogen-bond donors (Lipinski definition) is 0. The molecule has 11 heavy (non-hydrogen) atoms.